The summed E-state index contributed by atoms with van der Waals surface area (Å²) in [7, 11) is 0. The van der Waals surface area contributed by atoms with Crippen molar-refractivity contribution >= 4 is 16.7 Å². The molecule has 18 heavy (non-hydrogen) atoms. The van der Waals surface area contributed by atoms with Gasteiger partial charge in [0.05, 0.1) is 5.69 Å². The number of nitrogens with one attached hydrogen (secondary N) is 1. The normalized spacial score (nSPS) is 16.9. The molecule has 0 saturated heterocycles. The summed E-state index contributed by atoms with van der Waals surface area (Å²) in [5, 5.41) is 4.49. The third-order valence-corrected chi connectivity index (χ3v) is 3.61. The van der Waals surface area contributed by atoms with Crippen LogP contribution in [0.4, 0.5) is 5.69 Å². The van der Waals surface area contributed by atoms with Gasteiger partial charge in [-0.1, -0.05) is 31.4 Å². The lowest BCUT2D eigenvalue weighted by atomic mass is 9.95. The first-order valence-electron chi connectivity index (χ1n) is 6.62. The maximum Gasteiger partial charge on any atom is 0.338 e. The van der Waals surface area contributed by atoms with Gasteiger partial charge in [0, 0.05) is 17.5 Å². The first kappa shape index (κ1) is 11.3. The number of anilines is 1. The summed E-state index contributed by atoms with van der Waals surface area (Å²) >= 11 is 0. The second-order valence-corrected chi connectivity index (χ2v) is 4.95. The maximum atomic E-state index is 11.5. The lowest BCUT2D eigenvalue weighted by Gasteiger charge is -2.24. The van der Waals surface area contributed by atoms with Crippen LogP contribution in [-0.4, -0.2) is 6.04 Å². The lowest BCUT2D eigenvalue weighted by molar-refractivity contribution is 0.462. The number of fused-ring (bicyclic) bond motifs is 1. The minimum Gasteiger partial charge on any atom is -0.423 e. The number of hydrogen-bond acceptors (Lipinski definition) is 3. The van der Waals surface area contributed by atoms with Gasteiger partial charge in [0.15, 0.2) is 0 Å². The van der Waals surface area contributed by atoms with Crippen LogP contribution in [0.15, 0.2) is 39.5 Å². The number of hydrogen-bond donors (Lipinski definition) is 1. The first-order chi connectivity index (χ1) is 8.83. The monoisotopic (exact) mass is 243 g/mol. The van der Waals surface area contributed by atoms with Gasteiger partial charge in [-0.05, 0) is 25.0 Å². The van der Waals surface area contributed by atoms with Crippen LogP contribution in [0.3, 0.4) is 0 Å². The van der Waals surface area contributed by atoms with E-state index in [1.54, 1.807) is 6.07 Å². The quantitative estimate of drug-likeness (QED) is 0.820. The SMILES string of the molecule is O=c1cc(NC2CCCCC2)c2ccccc2o1. The predicted molar refractivity (Wildman–Crippen MR) is 73.0 cm³/mol. The molecule has 0 radical (unpaired) electrons. The molecule has 3 rings (SSSR count). The van der Waals surface area contributed by atoms with E-state index in [1.807, 2.05) is 24.3 Å². The van der Waals surface area contributed by atoms with E-state index < -0.39 is 0 Å². The van der Waals surface area contributed by atoms with Gasteiger partial charge in [-0.15, -0.1) is 0 Å². The molecular weight excluding hydrogens is 226 g/mol. The highest BCUT2D eigenvalue weighted by atomic mass is 16.4. The van der Waals surface area contributed by atoms with E-state index in [4.69, 9.17) is 4.42 Å². The van der Waals surface area contributed by atoms with Gasteiger partial charge < -0.3 is 9.73 Å². The summed E-state index contributed by atoms with van der Waals surface area (Å²) in [5.41, 5.74) is 1.28. The average molecular weight is 243 g/mol. The average Bonchev–Trinajstić information content (AvgIpc) is 2.40. The van der Waals surface area contributed by atoms with Crippen molar-refractivity contribution in [2.24, 2.45) is 0 Å². The molecule has 3 nitrogen and oxygen atoms in total. The van der Waals surface area contributed by atoms with Gasteiger partial charge >= 0.3 is 5.63 Å². The van der Waals surface area contributed by atoms with E-state index in [1.165, 1.54) is 32.1 Å². The molecule has 0 bridgehead atoms. The fourth-order valence-corrected chi connectivity index (χ4v) is 2.70. The zero-order chi connectivity index (χ0) is 12.4. The molecule has 94 valence electrons. The molecule has 1 aliphatic carbocycles. The summed E-state index contributed by atoms with van der Waals surface area (Å²) in [6, 6.07) is 9.73. The Morgan fingerprint density at radius 1 is 1.11 bits per heavy atom. The van der Waals surface area contributed by atoms with Crippen LogP contribution in [0.2, 0.25) is 0 Å². The molecule has 0 spiro atoms. The molecule has 1 fully saturated rings. The summed E-state index contributed by atoms with van der Waals surface area (Å²) in [6.07, 6.45) is 6.26. The van der Waals surface area contributed by atoms with Crippen LogP contribution in [-0.2, 0) is 0 Å². The van der Waals surface area contributed by atoms with E-state index >= 15 is 0 Å². The Labute approximate surface area is 106 Å². The van der Waals surface area contributed by atoms with E-state index in [0.717, 1.165) is 11.1 Å². The Morgan fingerprint density at radius 2 is 1.89 bits per heavy atom. The topological polar surface area (TPSA) is 42.2 Å². The van der Waals surface area contributed by atoms with Crippen molar-refractivity contribution in [2.75, 3.05) is 5.32 Å². The summed E-state index contributed by atoms with van der Waals surface area (Å²) in [6.45, 7) is 0. The van der Waals surface area contributed by atoms with E-state index in [9.17, 15) is 4.79 Å². The summed E-state index contributed by atoms with van der Waals surface area (Å²) in [5.74, 6) is 0. The number of rotatable bonds is 2. The lowest BCUT2D eigenvalue weighted by Crippen LogP contribution is -2.23. The Morgan fingerprint density at radius 3 is 2.72 bits per heavy atom. The van der Waals surface area contributed by atoms with E-state index in [2.05, 4.69) is 5.32 Å². The van der Waals surface area contributed by atoms with Crippen molar-refractivity contribution in [1.82, 2.24) is 0 Å². The van der Waals surface area contributed by atoms with Crippen molar-refractivity contribution in [3.8, 4) is 0 Å². The molecule has 0 unspecified atom stereocenters. The van der Waals surface area contributed by atoms with E-state index in [-0.39, 0.29) is 5.63 Å². The van der Waals surface area contributed by atoms with Crippen molar-refractivity contribution in [3.63, 3.8) is 0 Å². The highest BCUT2D eigenvalue weighted by Crippen LogP contribution is 2.26. The van der Waals surface area contributed by atoms with Crippen LogP contribution < -0.4 is 10.9 Å². The zero-order valence-electron chi connectivity index (χ0n) is 10.3. The highest BCUT2D eigenvalue weighted by Gasteiger charge is 2.14. The van der Waals surface area contributed by atoms with Crippen molar-refractivity contribution in [1.29, 1.82) is 0 Å². The second kappa shape index (κ2) is 4.84. The first-order valence-corrected chi connectivity index (χ1v) is 6.62. The Kier molecular flexibility index (Phi) is 3.05. The highest BCUT2D eigenvalue weighted by molar-refractivity contribution is 5.89. The molecule has 2 aromatic rings. The molecule has 1 aromatic heterocycles. The van der Waals surface area contributed by atoms with Gasteiger partial charge in [0.1, 0.15) is 5.58 Å². The second-order valence-electron chi connectivity index (χ2n) is 4.95. The molecule has 0 atom stereocenters. The van der Waals surface area contributed by atoms with Crippen LogP contribution in [0.25, 0.3) is 11.0 Å². The van der Waals surface area contributed by atoms with Gasteiger partial charge in [0.25, 0.3) is 0 Å². The van der Waals surface area contributed by atoms with Crippen molar-refractivity contribution in [3.05, 3.63) is 40.8 Å². The smallest absolute Gasteiger partial charge is 0.338 e. The van der Waals surface area contributed by atoms with Crippen LogP contribution in [0.5, 0.6) is 0 Å². The number of benzene rings is 1. The fourth-order valence-electron chi connectivity index (χ4n) is 2.70. The molecule has 1 aliphatic rings. The van der Waals surface area contributed by atoms with Gasteiger partial charge in [-0.25, -0.2) is 4.79 Å². The Balaban J connectivity index is 1.97. The molecule has 1 aromatic carbocycles. The van der Waals surface area contributed by atoms with E-state index in [0.29, 0.717) is 11.6 Å². The summed E-state index contributed by atoms with van der Waals surface area (Å²) in [4.78, 5) is 11.5. The zero-order valence-corrected chi connectivity index (χ0v) is 10.3. The standard InChI is InChI=1S/C15H17NO2/c17-15-10-13(16-11-6-2-1-3-7-11)12-8-4-5-9-14(12)18-15/h4-5,8-11,16H,1-3,6-7H2. The van der Waals surface area contributed by atoms with Crippen molar-refractivity contribution < 1.29 is 4.42 Å². The van der Waals surface area contributed by atoms with Gasteiger partial charge in [-0.2, -0.15) is 0 Å². The third kappa shape index (κ3) is 2.26. The largest absolute Gasteiger partial charge is 0.423 e. The fraction of sp³-hybridized carbons (Fsp3) is 0.400. The molecule has 3 heteroatoms. The van der Waals surface area contributed by atoms with Crippen molar-refractivity contribution in [2.45, 2.75) is 38.1 Å². The van der Waals surface area contributed by atoms with Gasteiger partial charge in [-0.3, -0.25) is 0 Å². The van der Waals surface area contributed by atoms with Gasteiger partial charge in [0.2, 0.25) is 0 Å². The predicted octanol–water partition coefficient (Wildman–Crippen LogP) is 3.54. The molecule has 1 N–H and O–H groups in total. The molecular formula is C15H17NO2. The molecule has 1 heterocycles. The van der Waals surface area contributed by atoms with Crippen LogP contribution >= 0.6 is 0 Å². The minimum atomic E-state index is -0.285. The molecule has 0 amide bonds. The number of para-hydroxylation sites is 1. The third-order valence-electron chi connectivity index (χ3n) is 3.61. The molecule has 1 saturated carbocycles. The molecule has 0 aliphatic heterocycles. The Bertz CT molecular complexity index is 597. The van der Waals surface area contributed by atoms with Crippen LogP contribution in [0.1, 0.15) is 32.1 Å². The summed E-state index contributed by atoms with van der Waals surface area (Å²) < 4.78 is 5.20. The maximum absolute atomic E-state index is 11.5. The minimum absolute atomic E-state index is 0.285. The van der Waals surface area contributed by atoms with Crippen LogP contribution in [0, 0.1) is 0 Å². The Hall–Kier alpha value is -1.77.